The van der Waals surface area contributed by atoms with E-state index in [-0.39, 0.29) is 0 Å². The Labute approximate surface area is 103 Å². The van der Waals surface area contributed by atoms with Crippen molar-refractivity contribution in [3.63, 3.8) is 0 Å². The molecule has 0 unspecified atom stereocenters. The number of benzene rings is 1. The zero-order valence-corrected chi connectivity index (χ0v) is 9.48. The van der Waals surface area contributed by atoms with Gasteiger partial charge in [-0.3, -0.25) is 10.7 Å². The van der Waals surface area contributed by atoms with Crippen molar-refractivity contribution < 1.29 is 5.21 Å². The fraction of sp³-hybridized carbons (Fsp3) is 0.0833. The summed E-state index contributed by atoms with van der Waals surface area (Å²) >= 11 is 0. The van der Waals surface area contributed by atoms with Crippen molar-refractivity contribution in [2.75, 3.05) is 5.48 Å². The third kappa shape index (κ3) is 1.78. The molecular weight excluding hydrogens is 230 g/mol. The summed E-state index contributed by atoms with van der Waals surface area (Å²) in [5.74, 6) is 0.312. The summed E-state index contributed by atoms with van der Waals surface area (Å²) in [5.41, 5.74) is 4.42. The Hall–Kier alpha value is -2.47. The first-order chi connectivity index (χ1) is 8.88. The van der Waals surface area contributed by atoms with Crippen LogP contribution in [0.4, 0.5) is 5.82 Å². The number of nitrogens with one attached hydrogen (secondary N) is 1. The summed E-state index contributed by atoms with van der Waals surface area (Å²) in [4.78, 5) is 12.3. The minimum atomic E-state index is 0.312. The highest BCUT2D eigenvalue weighted by atomic mass is 16.5. The molecule has 0 aliphatic rings. The van der Waals surface area contributed by atoms with E-state index in [0.29, 0.717) is 23.5 Å². The van der Waals surface area contributed by atoms with Crippen molar-refractivity contribution in [3.05, 3.63) is 48.5 Å². The lowest BCUT2D eigenvalue weighted by atomic mass is 10.2. The highest BCUT2D eigenvalue weighted by Crippen LogP contribution is 2.17. The van der Waals surface area contributed by atoms with Crippen LogP contribution in [0.5, 0.6) is 0 Å². The van der Waals surface area contributed by atoms with Crippen molar-refractivity contribution in [2.24, 2.45) is 0 Å². The smallest absolute Gasteiger partial charge is 0.181 e. The van der Waals surface area contributed by atoms with E-state index in [2.05, 4.69) is 15.0 Å². The Balaban J connectivity index is 2.03. The number of fused-ring (bicyclic) bond motifs is 1. The Morgan fingerprint density at radius 1 is 1.11 bits per heavy atom. The lowest BCUT2D eigenvalue weighted by Gasteiger charge is -2.04. The summed E-state index contributed by atoms with van der Waals surface area (Å²) in [6.07, 6.45) is 3.08. The summed E-state index contributed by atoms with van der Waals surface area (Å²) in [6, 6.07) is 10.0. The second kappa shape index (κ2) is 4.42. The number of imidazole rings is 1. The maximum Gasteiger partial charge on any atom is 0.181 e. The van der Waals surface area contributed by atoms with E-state index in [9.17, 15) is 0 Å². The number of rotatable bonds is 3. The van der Waals surface area contributed by atoms with E-state index in [1.807, 2.05) is 40.4 Å². The molecule has 0 aliphatic heterocycles. The van der Waals surface area contributed by atoms with E-state index < -0.39 is 0 Å². The minimum absolute atomic E-state index is 0.312. The predicted octanol–water partition coefficient (Wildman–Crippen LogP) is 1.68. The SMILES string of the molecule is ONc1ncnc2c1ncn2Cc1ccccc1. The van der Waals surface area contributed by atoms with Gasteiger partial charge in [0.1, 0.15) is 6.33 Å². The van der Waals surface area contributed by atoms with E-state index in [0.717, 1.165) is 5.56 Å². The summed E-state index contributed by atoms with van der Waals surface area (Å²) in [5, 5.41) is 8.95. The Bertz CT molecular complexity index is 665. The van der Waals surface area contributed by atoms with Gasteiger partial charge in [0.15, 0.2) is 17.0 Å². The van der Waals surface area contributed by atoms with Crippen molar-refractivity contribution in [3.8, 4) is 0 Å². The highest BCUT2D eigenvalue weighted by Gasteiger charge is 2.09. The average molecular weight is 241 g/mol. The van der Waals surface area contributed by atoms with Gasteiger partial charge in [0, 0.05) is 0 Å². The van der Waals surface area contributed by atoms with Crippen LogP contribution in [0.25, 0.3) is 11.2 Å². The first kappa shape index (κ1) is 10.7. The molecule has 1 aromatic carbocycles. The standard InChI is InChI=1S/C12H11N5O/c18-16-11-10-12(14-7-13-11)17(8-15-10)6-9-4-2-1-3-5-9/h1-5,7-8,18H,6H2,(H,13,14,16). The van der Waals surface area contributed by atoms with Crippen LogP contribution in [0.2, 0.25) is 0 Å². The van der Waals surface area contributed by atoms with E-state index in [4.69, 9.17) is 5.21 Å². The number of hydrogen-bond acceptors (Lipinski definition) is 5. The van der Waals surface area contributed by atoms with Crippen LogP contribution in [0.3, 0.4) is 0 Å². The van der Waals surface area contributed by atoms with Crippen molar-refractivity contribution in [1.29, 1.82) is 0 Å². The molecule has 3 rings (SSSR count). The monoisotopic (exact) mass is 241 g/mol. The van der Waals surface area contributed by atoms with E-state index in [1.165, 1.54) is 6.33 Å². The Morgan fingerprint density at radius 2 is 1.94 bits per heavy atom. The van der Waals surface area contributed by atoms with Gasteiger partial charge < -0.3 is 4.57 Å². The molecule has 6 heteroatoms. The van der Waals surface area contributed by atoms with Gasteiger partial charge in [-0.2, -0.15) is 0 Å². The fourth-order valence-electron chi connectivity index (χ4n) is 1.86. The van der Waals surface area contributed by atoms with Gasteiger partial charge in [0.25, 0.3) is 0 Å². The second-order valence-corrected chi connectivity index (χ2v) is 3.86. The first-order valence-electron chi connectivity index (χ1n) is 5.48. The molecule has 2 aromatic heterocycles. The van der Waals surface area contributed by atoms with Crippen LogP contribution < -0.4 is 5.48 Å². The lowest BCUT2D eigenvalue weighted by Crippen LogP contribution is -2.00. The molecule has 0 amide bonds. The largest absolute Gasteiger partial charge is 0.311 e. The normalized spacial score (nSPS) is 10.7. The molecule has 0 saturated heterocycles. The molecule has 0 fully saturated rings. The molecule has 0 aliphatic carbocycles. The highest BCUT2D eigenvalue weighted by molar-refractivity contribution is 5.82. The van der Waals surface area contributed by atoms with Crippen molar-refractivity contribution >= 4 is 17.0 Å². The van der Waals surface area contributed by atoms with Crippen LogP contribution in [0.15, 0.2) is 43.0 Å². The molecule has 18 heavy (non-hydrogen) atoms. The number of nitrogens with zero attached hydrogens (tertiary/aromatic N) is 4. The van der Waals surface area contributed by atoms with Crippen LogP contribution >= 0.6 is 0 Å². The fourth-order valence-corrected chi connectivity index (χ4v) is 1.86. The average Bonchev–Trinajstić information content (AvgIpc) is 2.83. The van der Waals surface area contributed by atoms with Gasteiger partial charge in [-0.05, 0) is 5.56 Å². The maximum atomic E-state index is 8.95. The van der Waals surface area contributed by atoms with Gasteiger partial charge in [-0.15, -0.1) is 0 Å². The topological polar surface area (TPSA) is 75.9 Å². The van der Waals surface area contributed by atoms with Crippen LogP contribution in [-0.4, -0.2) is 24.7 Å². The van der Waals surface area contributed by atoms with Crippen molar-refractivity contribution in [1.82, 2.24) is 19.5 Å². The molecule has 0 atom stereocenters. The summed E-state index contributed by atoms with van der Waals surface area (Å²) in [7, 11) is 0. The van der Waals surface area contributed by atoms with Gasteiger partial charge in [-0.1, -0.05) is 30.3 Å². The molecule has 3 aromatic rings. The third-order valence-electron chi connectivity index (χ3n) is 2.70. The van der Waals surface area contributed by atoms with Crippen molar-refractivity contribution in [2.45, 2.75) is 6.54 Å². The predicted molar refractivity (Wildman–Crippen MR) is 66.3 cm³/mol. The molecule has 0 saturated carbocycles. The summed E-state index contributed by atoms with van der Waals surface area (Å²) in [6.45, 7) is 0.680. The molecule has 0 spiro atoms. The first-order valence-corrected chi connectivity index (χ1v) is 5.48. The lowest BCUT2D eigenvalue weighted by molar-refractivity contribution is 0.386. The molecule has 6 nitrogen and oxygen atoms in total. The maximum absolute atomic E-state index is 8.95. The minimum Gasteiger partial charge on any atom is -0.311 e. The number of anilines is 1. The van der Waals surface area contributed by atoms with Crippen LogP contribution in [-0.2, 0) is 6.54 Å². The molecule has 90 valence electrons. The van der Waals surface area contributed by atoms with Gasteiger partial charge in [-0.25, -0.2) is 15.0 Å². The zero-order valence-electron chi connectivity index (χ0n) is 9.48. The Morgan fingerprint density at radius 3 is 2.72 bits per heavy atom. The van der Waals surface area contributed by atoms with Gasteiger partial charge in [0.05, 0.1) is 12.9 Å². The summed E-state index contributed by atoms with van der Waals surface area (Å²) < 4.78 is 1.91. The molecule has 2 heterocycles. The number of aromatic nitrogens is 4. The van der Waals surface area contributed by atoms with Gasteiger partial charge in [0.2, 0.25) is 0 Å². The van der Waals surface area contributed by atoms with E-state index in [1.54, 1.807) is 6.33 Å². The molecule has 2 N–H and O–H groups in total. The third-order valence-corrected chi connectivity index (χ3v) is 2.70. The van der Waals surface area contributed by atoms with Gasteiger partial charge >= 0.3 is 0 Å². The van der Waals surface area contributed by atoms with E-state index >= 15 is 0 Å². The van der Waals surface area contributed by atoms with Crippen LogP contribution in [0.1, 0.15) is 5.56 Å². The molecular formula is C12H11N5O. The molecule has 0 radical (unpaired) electrons. The number of hydrogen-bond donors (Lipinski definition) is 2. The zero-order chi connectivity index (χ0) is 12.4. The quantitative estimate of drug-likeness (QED) is 0.682. The Kier molecular flexibility index (Phi) is 2.62. The second-order valence-electron chi connectivity index (χ2n) is 3.86. The van der Waals surface area contributed by atoms with Crippen LogP contribution in [0, 0.1) is 0 Å². The molecule has 0 bridgehead atoms.